The molecule has 0 unspecified atom stereocenters. The molecule has 0 amide bonds. The van der Waals surface area contributed by atoms with E-state index in [0.717, 1.165) is 22.3 Å². The van der Waals surface area contributed by atoms with E-state index in [0.29, 0.717) is 5.92 Å². The zero-order valence-corrected chi connectivity index (χ0v) is 11.6. The first-order valence-corrected chi connectivity index (χ1v) is 6.98. The van der Waals surface area contributed by atoms with Crippen LogP contribution in [0.5, 0.6) is 5.75 Å². The molecule has 0 radical (unpaired) electrons. The minimum Gasteiger partial charge on any atom is -0.497 e. The molecule has 3 rings (SSSR count). The summed E-state index contributed by atoms with van der Waals surface area (Å²) in [6.45, 7) is 0. The Morgan fingerprint density at radius 1 is 1.21 bits per heavy atom. The van der Waals surface area contributed by atoms with Gasteiger partial charge in [-0.25, -0.2) is 0 Å². The van der Waals surface area contributed by atoms with Crippen LogP contribution in [0.4, 0.5) is 5.69 Å². The number of rotatable bonds is 3. The number of methoxy groups -OCH3 is 1. The highest BCUT2D eigenvalue weighted by Crippen LogP contribution is 2.36. The lowest BCUT2D eigenvalue weighted by Gasteiger charge is -2.14. The van der Waals surface area contributed by atoms with Crippen molar-refractivity contribution in [2.75, 3.05) is 19.5 Å². The molecule has 1 fully saturated rings. The van der Waals surface area contributed by atoms with Crippen LogP contribution >= 0.6 is 0 Å². The molecule has 3 nitrogen and oxygen atoms in total. The van der Waals surface area contributed by atoms with E-state index in [4.69, 9.17) is 9.72 Å². The maximum atomic E-state index is 5.30. The summed E-state index contributed by atoms with van der Waals surface area (Å²) in [7, 11) is 3.66. The first-order chi connectivity index (χ1) is 9.31. The SMILES string of the molecule is CNc1cc(C2CCCC2)nc2ccc(OC)cc12. The number of ether oxygens (including phenoxy) is 1. The molecule has 1 saturated carbocycles. The van der Waals surface area contributed by atoms with Gasteiger partial charge >= 0.3 is 0 Å². The van der Waals surface area contributed by atoms with Crippen molar-refractivity contribution in [2.24, 2.45) is 0 Å². The molecule has 1 aromatic carbocycles. The van der Waals surface area contributed by atoms with Crippen molar-refractivity contribution in [1.29, 1.82) is 0 Å². The van der Waals surface area contributed by atoms with Crippen molar-refractivity contribution in [1.82, 2.24) is 4.98 Å². The van der Waals surface area contributed by atoms with Gasteiger partial charge in [-0.2, -0.15) is 0 Å². The van der Waals surface area contributed by atoms with Crippen LogP contribution in [0, 0.1) is 0 Å². The molecule has 1 aliphatic rings. The maximum Gasteiger partial charge on any atom is 0.119 e. The number of hydrogen-bond acceptors (Lipinski definition) is 3. The summed E-state index contributed by atoms with van der Waals surface area (Å²) in [5.41, 5.74) is 3.43. The van der Waals surface area contributed by atoms with Gasteiger partial charge in [-0.05, 0) is 37.1 Å². The van der Waals surface area contributed by atoms with Crippen molar-refractivity contribution < 1.29 is 4.74 Å². The smallest absolute Gasteiger partial charge is 0.119 e. The Labute approximate surface area is 114 Å². The monoisotopic (exact) mass is 256 g/mol. The Morgan fingerprint density at radius 3 is 2.68 bits per heavy atom. The fraction of sp³-hybridized carbons (Fsp3) is 0.438. The Bertz CT molecular complexity index is 589. The van der Waals surface area contributed by atoms with E-state index in [2.05, 4.69) is 11.4 Å². The van der Waals surface area contributed by atoms with E-state index >= 15 is 0 Å². The van der Waals surface area contributed by atoms with Crippen molar-refractivity contribution in [2.45, 2.75) is 31.6 Å². The van der Waals surface area contributed by atoms with Crippen molar-refractivity contribution >= 4 is 16.6 Å². The van der Waals surface area contributed by atoms with Crippen LogP contribution in [0.1, 0.15) is 37.3 Å². The minimum absolute atomic E-state index is 0.638. The number of hydrogen-bond donors (Lipinski definition) is 1. The number of benzene rings is 1. The molecular formula is C16H20N2O. The maximum absolute atomic E-state index is 5.30. The Kier molecular flexibility index (Phi) is 3.28. The van der Waals surface area contributed by atoms with Gasteiger partial charge in [0.1, 0.15) is 5.75 Å². The number of aromatic nitrogens is 1. The average Bonchev–Trinajstić information content (AvgIpc) is 2.99. The van der Waals surface area contributed by atoms with E-state index in [1.165, 1.54) is 31.4 Å². The van der Waals surface area contributed by atoms with Crippen LogP contribution in [0.15, 0.2) is 24.3 Å². The largest absolute Gasteiger partial charge is 0.497 e. The van der Waals surface area contributed by atoms with Gasteiger partial charge in [-0.15, -0.1) is 0 Å². The molecule has 1 aromatic heterocycles. The molecule has 1 heterocycles. The highest BCUT2D eigenvalue weighted by molar-refractivity contribution is 5.92. The molecule has 1 aliphatic carbocycles. The summed E-state index contributed by atoms with van der Waals surface area (Å²) in [6.07, 6.45) is 5.22. The van der Waals surface area contributed by atoms with E-state index in [9.17, 15) is 0 Å². The predicted molar refractivity (Wildman–Crippen MR) is 79.1 cm³/mol. The second kappa shape index (κ2) is 5.08. The summed E-state index contributed by atoms with van der Waals surface area (Å²) in [4.78, 5) is 4.85. The fourth-order valence-corrected chi connectivity index (χ4v) is 2.99. The van der Waals surface area contributed by atoms with Crippen molar-refractivity contribution in [3.63, 3.8) is 0 Å². The predicted octanol–water partition coefficient (Wildman–Crippen LogP) is 3.94. The molecule has 0 spiro atoms. The molecule has 3 heteroatoms. The zero-order chi connectivity index (χ0) is 13.2. The Morgan fingerprint density at radius 2 is 2.00 bits per heavy atom. The Balaban J connectivity index is 2.12. The van der Waals surface area contributed by atoms with Gasteiger partial charge < -0.3 is 10.1 Å². The number of anilines is 1. The molecule has 0 aliphatic heterocycles. The number of nitrogens with zero attached hydrogens (tertiary/aromatic N) is 1. The third-order valence-electron chi connectivity index (χ3n) is 4.08. The molecule has 0 saturated heterocycles. The number of pyridine rings is 1. The van der Waals surface area contributed by atoms with Gasteiger partial charge in [0, 0.05) is 29.7 Å². The van der Waals surface area contributed by atoms with Crippen LogP contribution < -0.4 is 10.1 Å². The third kappa shape index (κ3) is 2.25. The van der Waals surface area contributed by atoms with Crippen LogP contribution in [0.3, 0.4) is 0 Å². The standard InChI is InChI=1S/C16H20N2O/c1-17-16-10-15(11-5-3-4-6-11)18-14-8-7-12(19-2)9-13(14)16/h7-11H,3-6H2,1-2H3,(H,17,18). The Hall–Kier alpha value is -1.77. The van der Waals surface area contributed by atoms with Crippen LogP contribution in [0.25, 0.3) is 10.9 Å². The molecule has 0 bridgehead atoms. The summed E-state index contributed by atoms with van der Waals surface area (Å²) < 4.78 is 5.30. The second-order valence-electron chi connectivity index (χ2n) is 5.21. The molecule has 2 aromatic rings. The van der Waals surface area contributed by atoms with Crippen LogP contribution in [-0.4, -0.2) is 19.1 Å². The third-order valence-corrected chi connectivity index (χ3v) is 4.08. The van der Waals surface area contributed by atoms with E-state index in [1.807, 2.05) is 25.2 Å². The molecule has 1 N–H and O–H groups in total. The van der Waals surface area contributed by atoms with Crippen LogP contribution in [0.2, 0.25) is 0 Å². The lowest BCUT2D eigenvalue weighted by Crippen LogP contribution is -2.00. The fourth-order valence-electron chi connectivity index (χ4n) is 2.99. The van der Waals surface area contributed by atoms with Crippen molar-refractivity contribution in [3.8, 4) is 5.75 Å². The van der Waals surface area contributed by atoms with E-state index in [-0.39, 0.29) is 0 Å². The first kappa shape index (κ1) is 12.3. The van der Waals surface area contributed by atoms with Gasteiger partial charge in [0.15, 0.2) is 0 Å². The molecule has 100 valence electrons. The first-order valence-electron chi connectivity index (χ1n) is 6.98. The topological polar surface area (TPSA) is 34.2 Å². The van der Waals surface area contributed by atoms with Gasteiger partial charge in [0.25, 0.3) is 0 Å². The number of fused-ring (bicyclic) bond motifs is 1. The number of nitrogens with one attached hydrogen (secondary N) is 1. The summed E-state index contributed by atoms with van der Waals surface area (Å²) in [5.74, 6) is 1.51. The highest BCUT2D eigenvalue weighted by Gasteiger charge is 2.19. The normalized spacial score (nSPS) is 15.9. The molecular weight excluding hydrogens is 236 g/mol. The minimum atomic E-state index is 0.638. The lowest BCUT2D eigenvalue weighted by atomic mass is 10.0. The highest BCUT2D eigenvalue weighted by atomic mass is 16.5. The van der Waals surface area contributed by atoms with Gasteiger partial charge in [0.05, 0.1) is 12.6 Å². The summed E-state index contributed by atoms with van der Waals surface area (Å²) in [6, 6.07) is 8.28. The van der Waals surface area contributed by atoms with E-state index in [1.54, 1.807) is 7.11 Å². The summed E-state index contributed by atoms with van der Waals surface area (Å²) in [5, 5.41) is 4.42. The lowest BCUT2D eigenvalue weighted by molar-refractivity contribution is 0.415. The van der Waals surface area contributed by atoms with Crippen molar-refractivity contribution in [3.05, 3.63) is 30.0 Å². The second-order valence-corrected chi connectivity index (χ2v) is 5.21. The van der Waals surface area contributed by atoms with Gasteiger partial charge in [-0.1, -0.05) is 12.8 Å². The van der Waals surface area contributed by atoms with Crippen LogP contribution in [-0.2, 0) is 0 Å². The summed E-state index contributed by atoms with van der Waals surface area (Å²) >= 11 is 0. The molecule has 0 atom stereocenters. The molecule has 19 heavy (non-hydrogen) atoms. The van der Waals surface area contributed by atoms with E-state index < -0.39 is 0 Å². The van der Waals surface area contributed by atoms with Gasteiger partial charge in [0.2, 0.25) is 0 Å². The zero-order valence-electron chi connectivity index (χ0n) is 11.6. The quantitative estimate of drug-likeness (QED) is 0.903. The average molecular weight is 256 g/mol. The van der Waals surface area contributed by atoms with Gasteiger partial charge in [-0.3, -0.25) is 4.98 Å².